The molecule has 20 heavy (non-hydrogen) atoms. The lowest BCUT2D eigenvalue weighted by atomic mass is 9.92. The monoisotopic (exact) mass is 270 g/mol. The van der Waals surface area contributed by atoms with Crippen LogP contribution >= 0.6 is 0 Å². The van der Waals surface area contributed by atoms with Crippen LogP contribution in [0.2, 0.25) is 0 Å². The number of benzene rings is 2. The summed E-state index contributed by atoms with van der Waals surface area (Å²) in [7, 11) is 0. The molecule has 0 aliphatic rings. The predicted octanol–water partition coefficient (Wildman–Crippen LogP) is 1.91. The van der Waals surface area contributed by atoms with E-state index in [-0.39, 0.29) is 12.5 Å². The summed E-state index contributed by atoms with van der Waals surface area (Å²) in [5, 5.41) is 12.5. The largest absolute Gasteiger partial charge is 0.398 e. The second-order valence-electron chi connectivity index (χ2n) is 4.90. The number of nitrogens with two attached hydrogens (primary N) is 1. The molecule has 104 valence electrons. The van der Waals surface area contributed by atoms with Gasteiger partial charge in [0.15, 0.2) is 0 Å². The second kappa shape index (κ2) is 5.75. The fourth-order valence-electron chi connectivity index (χ4n) is 2.03. The third-order valence-corrected chi connectivity index (χ3v) is 3.32. The van der Waals surface area contributed by atoms with E-state index in [9.17, 15) is 9.90 Å². The van der Waals surface area contributed by atoms with Gasteiger partial charge >= 0.3 is 0 Å². The van der Waals surface area contributed by atoms with E-state index in [0.717, 1.165) is 5.56 Å². The van der Waals surface area contributed by atoms with Crippen LogP contribution in [0.4, 0.5) is 5.69 Å². The van der Waals surface area contributed by atoms with Crippen LogP contribution in [0.1, 0.15) is 22.8 Å². The van der Waals surface area contributed by atoms with Gasteiger partial charge in [0.1, 0.15) is 0 Å². The Morgan fingerprint density at radius 3 is 2.35 bits per heavy atom. The molecular formula is C16H18N2O2. The molecule has 1 atom stereocenters. The van der Waals surface area contributed by atoms with Crippen molar-refractivity contribution in [3.63, 3.8) is 0 Å². The molecule has 0 spiro atoms. The highest BCUT2D eigenvalue weighted by atomic mass is 16.3. The quantitative estimate of drug-likeness (QED) is 0.743. The van der Waals surface area contributed by atoms with Gasteiger partial charge in [0, 0.05) is 5.69 Å². The predicted molar refractivity (Wildman–Crippen MR) is 79.2 cm³/mol. The molecule has 0 aliphatic heterocycles. The second-order valence-corrected chi connectivity index (χ2v) is 4.90. The Hall–Kier alpha value is -2.33. The lowest BCUT2D eigenvalue weighted by Gasteiger charge is -2.29. The maximum Gasteiger partial charge on any atom is 0.254 e. The number of hydrogen-bond donors (Lipinski definition) is 3. The summed E-state index contributed by atoms with van der Waals surface area (Å²) in [6.45, 7) is 1.58. The first-order chi connectivity index (χ1) is 9.57. The number of para-hydroxylation sites is 1. The standard InChI is InChI=1S/C16H18N2O2/c1-16(11-19,12-7-3-2-4-8-12)18-15(20)13-9-5-6-10-14(13)17/h2-10,19H,11,17H2,1H3,(H,18,20). The minimum atomic E-state index is -0.847. The zero-order chi connectivity index (χ0) is 14.6. The summed E-state index contributed by atoms with van der Waals surface area (Å²) in [6.07, 6.45) is 0. The van der Waals surface area contributed by atoms with E-state index in [1.165, 1.54) is 0 Å². The van der Waals surface area contributed by atoms with E-state index in [4.69, 9.17) is 5.73 Å². The van der Waals surface area contributed by atoms with Crippen LogP contribution in [0.3, 0.4) is 0 Å². The molecular weight excluding hydrogens is 252 g/mol. The number of hydrogen-bond acceptors (Lipinski definition) is 3. The van der Waals surface area contributed by atoms with Gasteiger partial charge in [0.2, 0.25) is 0 Å². The van der Waals surface area contributed by atoms with E-state index in [2.05, 4.69) is 5.32 Å². The van der Waals surface area contributed by atoms with Crippen LogP contribution in [0, 0.1) is 0 Å². The van der Waals surface area contributed by atoms with Crippen molar-refractivity contribution < 1.29 is 9.90 Å². The third kappa shape index (κ3) is 2.81. The topological polar surface area (TPSA) is 75.3 Å². The molecule has 4 nitrogen and oxygen atoms in total. The fraction of sp³-hybridized carbons (Fsp3) is 0.188. The number of nitrogens with one attached hydrogen (secondary N) is 1. The van der Waals surface area contributed by atoms with Crippen molar-refractivity contribution in [1.82, 2.24) is 5.32 Å². The average Bonchev–Trinajstić information content (AvgIpc) is 2.48. The number of nitrogen functional groups attached to an aromatic ring is 1. The van der Waals surface area contributed by atoms with Crippen LogP contribution in [0.25, 0.3) is 0 Å². The summed E-state index contributed by atoms with van der Waals surface area (Å²) in [4.78, 5) is 12.3. The molecule has 0 bridgehead atoms. The van der Waals surface area contributed by atoms with Crippen LogP contribution in [-0.4, -0.2) is 17.6 Å². The Labute approximate surface area is 118 Å². The van der Waals surface area contributed by atoms with Gasteiger partial charge in [-0.25, -0.2) is 0 Å². The van der Waals surface area contributed by atoms with Crippen molar-refractivity contribution in [2.45, 2.75) is 12.5 Å². The van der Waals surface area contributed by atoms with Gasteiger partial charge in [-0.2, -0.15) is 0 Å². The van der Waals surface area contributed by atoms with Gasteiger partial charge in [-0.3, -0.25) is 4.79 Å². The Kier molecular flexibility index (Phi) is 4.05. The van der Waals surface area contributed by atoms with Crippen LogP contribution < -0.4 is 11.1 Å². The molecule has 0 saturated heterocycles. The molecule has 0 fully saturated rings. The maximum absolute atomic E-state index is 12.3. The van der Waals surface area contributed by atoms with Crippen molar-refractivity contribution in [2.24, 2.45) is 0 Å². The van der Waals surface area contributed by atoms with Crippen molar-refractivity contribution in [1.29, 1.82) is 0 Å². The minimum Gasteiger partial charge on any atom is -0.398 e. The lowest BCUT2D eigenvalue weighted by Crippen LogP contribution is -2.46. The smallest absolute Gasteiger partial charge is 0.254 e. The Bertz CT molecular complexity index is 598. The molecule has 0 aliphatic carbocycles. The van der Waals surface area contributed by atoms with Crippen molar-refractivity contribution in [3.05, 3.63) is 65.7 Å². The van der Waals surface area contributed by atoms with Gasteiger partial charge in [-0.15, -0.1) is 0 Å². The van der Waals surface area contributed by atoms with E-state index in [0.29, 0.717) is 11.3 Å². The molecule has 2 aromatic carbocycles. The molecule has 1 amide bonds. The van der Waals surface area contributed by atoms with Crippen LogP contribution in [-0.2, 0) is 5.54 Å². The zero-order valence-corrected chi connectivity index (χ0v) is 11.3. The molecule has 4 heteroatoms. The lowest BCUT2D eigenvalue weighted by molar-refractivity contribution is 0.0850. The average molecular weight is 270 g/mol. The van der Waals surface area contributed by atoms with Crippen molar-refractivity contribution in [2.75, 3.05) is 12.3 Å². The highest BCUT2D eigenvalue weighted by molar-refractivity contribution is 5.99. The zero-order valence-electron chi connectivity index (χ0n) is 11.3. The first kappa shape index (κ1) is 14.1. The number of aliphatic hydroxyl groups is 1. The summed E-state index contributed by atoms with van der Waals surface area (Å²) in [5.74, 6) is -0.302. The first-order valence-corrected chi connectivity index (χ1v) is 6.40. The van der Waals surface area contributed by atoms with Crippen molar-refractivity contribution in [3.8, 4) is 0 Å². The highest BCUT2D eigenvalue weighted by Gasteiger charge is 2.28. The number of anilines is 1. The van der Waals surface area contributed by atoms with Gasteiger partial charge < -0.3 is 16.2 Å². The summed E-state index contributed by atoms with van der Waals surface area (Å²) in [5.41, 5.74) is 6.61. The molecule has 0 radical (unpaired) electrons. The number of amides is 1. The van der Waals surface area contributed by atoms with Crippen molar-refractivity contribution >= 4 is 11.6 Å². The fourth-order valence-corrected chi connectivity index (χ4v) is 2.03. The Balaban J connectivity index is 2.27. The summed E-state index contributed by atoms with van der Waals surface area (Å²) < 4.78 is 0. The number of carbonyl (C=O) groups excluding carboxylic acids is 1. The number of carbonyl (C=O) groups is 1. The Morgan fingerprint density at radius 2 is 1.75 bits per heavy atom. The van der Waals surface area contributed by atoms with Gasteiger partial charge in [0.05, 0.1) is 17.7 Å². The molecule has 0 aromatic heterocycles. The maximum atomic E-state index is 12.3. The minimum absolute atomic E-state index is 0.199. The molecule has 0 saturated carbocycles. The summed E-state index contributed by atoms with van der Waals surface area (Å²) in [6, 6.07) is 16.2. The first-order valence-electron chi connectivity index (χ1n) is 6.40. The highest BCUT2D eigenvalue weighted by Crippen LogP contribution is 2.21. The number of rotatable bonds is 4. The molecule has 1 unspecified atom stereocenters. The molecule has 0 heterocycles. The summed E-state index contributed by atoms with van der Waals surface area (Å²) >= 11 is 0. The van der Waals surface area contributed by atoms with Gasteiger partial charge in [0.25, 0.3) is 5.91 Å². The van der Waals surface area contributed by atoms with E-state index in [1.807, 2.05) is 30.3 Å². The molecule has 2 rings (SSSR count). The SMILES string of the molecule is CC(CO)(NC(=O)c1ccccc1N)c1ccccc1. The van der Waals surface area contributed by atoms with Gasteiger partial charge in [-0.1, -0.05) is 42.5 Å². The van der Waals surface area contributed by atoms with E-state index >= 15 is 0 Å². The van der Waals surface area contributed by atoms with Crippen LogP contribution in [0.15, 0.2) is 54.6 Å². The third-order valence-electron chi connectivity index (χ3n) is 3.32. The number of aliphatic hydroxyl groups excluding tert-OH is 1. The van der Waals surface area contributed by atoms with Crippen LogP contribution in [0.5, 0.6) is 0 Å². The van der Waals surface area contributed by atoms with E-state index < -0.39 is 5.54 Å². The molecule has 4 N–H and O–H groups in total. The van der Waals surface area contributed by atoms with Gasteiger partial charge in [-0.05, 0) is 24.6 Å². The Morgan fingerprint density at radius 1 is 1.15 bits per heavy atom. The normalized spacial score (nSPS) is 13.5. The molecule has 2 aromatic rings. The van der Waals surface area contributed by atoms with E-state index in [1.54, 1.807) is 31.2 Å².